The van der Waals surface area contributed by atoms with Gasteiger partial charge < -0.3 is 10.2 Å². The van der Waals surface area contributed by atoms with Crippen LogP contribution in [0.4, 0.5) is 0 Å². The number of nitrogens with zero attached hydrogens (tertiary/aromatic N) is 1. The first kappa shape index (κ1) is 14.8. The van der Waals surface area contributed by atoms with E-state index in [1.54, 1.807) is 0 Å². The first-order chi connectivity index (χ1) is 6.36. The Hall–Kier alpha value is -1.72. The maximum atomic E-state index is 10.3. The third kappa shape index (κ3) is 8.38. The molecule has 1 unspecified atom stereocenters. The highest BCUT2D eigenvalue weighted by molar-refractivity contribution is 5.75. The second kappa shape index (κ2) is 7.90. The fourth-order valence-electron chi connectivity index (χ4n) is 0.539. The Morgan fingerprint density at radius 2 is 1.71 bits per heavy atom. The van der Waals surface area contributed by atoms with Crippen LogP contribution in [0.1, 0.15) is 6.92 Å². The molecule has 0 fully saturated rings. The fourth-order valence-corrected chi connectivity index (χ4v) is 0.539. The molecule has 0 aliphatic carbocycles. The van der Waals surface area contributed by atoms with E-state index >= 15 is 0 Å². The average Bonchev–Trinajstić information content (AvgIpc) is 2.02. The SMILES string of the molecule is CC(C(=O)O)N(C)CC(=O)O.O=C=O. The predicted molar refractivity (Wildman–Crippen MR) is 42.4 cm³/mol. The van der Waals surface area contributed by atoms with Gasteiger partial charge in [-0.2, -0.15) is 9.59 Å². The Kier molecular flexibility index (Phi) is 8.35. The Morgan fingerprint density at radius 3 is 1.93 bits per heavy atom. The van der Waals surface area contributed by atoms with Crippen molar-refractivity contribution in [2.24, 2.45) is 0 Å². The van der Waals surface area contributed by atoms with Crippen molar-refractivity contribution in [3.8, 4) is 0 Å². The molecule has 14 heavy (non-hydrogen) atoms. The van der Waals surface area contributed by atoms with Crippen LogP contribution >= 0.6 is 0 Å². The lowest BCUT2D eigenvalue weighted by Crippen LogP contribution is -2.38. The summed E-state index contributed by atoms with van der Waals surface area (Å²) in [5.41, 5.74) is 0. The highest BCUT2D eigenvalue weighted by Crippen LogP contribution is 1.93. The number of aliphatic carboxylic acids is 2. The first-order valence-electron chi connectivity index (χ1n) is 3.50. The standard InChI is InChI=1S/C6H11NO4.CO2/c1-4(6(10)11)7(2)3-5(8)9;2-1-3/h4H,3H2,1-2H3,(H,8,9)(H,10,11);. The van der Waals surface area contributed by atoms with E-state index in [0.717, 1.165) is 0 Å². The molecule has 0 amide bonds. The van der Waals surface area contributed by atoms with E-state index < -0.39 is 18.0 Å². The van der Waals surface area contributed by atoms with Gasteiger partial charge in [0.2, 0.25) is 0 Å². The van der Waals surface area contributed by atoms with E-state index in [1.165, 1.54) is 18.9 Å². The predicted octanol–water partition coefficient (Wildman–Crippen LogP) is -1.11. The molecule has 0 spiro atoms. The smallest absolute Gasteiger partial charge is 0.373 e. The van der Waals surface area contributed by atoms with Crippen molar-refractivity contribution in [2.75, 3.05) is 13.6 Å². The van der Waals surface area contributed by atoms with Crippen molar-refractivity contribution in [1.82, 2.24) is 4.90 Å². The van der Waals surface area contributed by atoms with Gasteiger partial charge in [-0.3, -0.25) is 14.5 Å². The zero-order chi connectivity index (χ0) is 11.7. The number of carbonyl (C=O) groups is 2. The van der Waals surface area contributed by atoms with Gasteiger partial charge in [0, 0.05) is 0 Å². The number of hydrogen-bond acceptors (Lipinski definition) is 5. The molecule has 0 saturated heterocycles. The van der Waals surface area contributed by atoms with Crippen LogP contribution in [-0.2, 0) is 19.2 Å². The Bertz CT molecular complexity index is 232. The Morgan fingerprint density at radius 1 is 1.36 bits per heavy atom. The Balaban J connectivity index is 0. The summed E-state index contributed by atoms with van der Waals surface area (Å²) in [7, 11) is 1.45. The van der Waals surface area contributed by atoms with Crippen molar-refractivity contribution in [3.05, 3.63) is 0 Å². The first-order valence-corrected chi connectivity index (χ1v) is 3.50. The molecule has 0 heterocycles. The van der Waals surface area contributed by atoms with Gasteiger partial charge in [-0.25, -0.2) is 0 Å². The van der Waals surface area contributed by atoms with Crippen molar-refractivity contribution >= 4 is 18.1 Å². The van der Waals surface area contributed by atoms with E-state index in [1.807, 2.05) is 0 Å². The monoisotopic (exact) mass is 205 g/mol. The molecule has 0 bridgehead atoms. The molecule has 0 aromatic carbocycles. The van der Waals surface area contributed by atoms with Crippen LogP contribution in [0.5, 0.6) is 0 Å². The average molecular weight is 205 g/mol. The lowest BCUT2D eigenvalue weighted by atomic mass is 10.3. The highest BCUT2D eigenvalue weighted by Gasteiger charge is 2.18. The molecule has 2 N–H and O–H groups in total. The minimum atomic E-state index is -1.03. The number of hydrogen-bond donors (Lipinski definition) is 2. The minimum absolute atomic E-state index is 0.250. The molecule has 0 aliphatic heterocycles. The topological polar surface area (TPSA) is 112 Å². The van der Waals surface area contributed by atoms with Crippen molar-refractivity contribution in [1.29, 1.82) is 0 Å². The lowest BCUT2D eigenvalue weighted by molar-refractivity contribution is -0.191. The van der Waals surface area contributed by atoms with E-state index in [2.05, 4.69) is 0 Å². The zero-order valence-corrected chi connectivity index (χ0v) is 7.76. The molecular weight excluding hydrogens is 194 g/mol. The van der Waals surface area contributed by atoms with Crippen LogP contribution < -0.4 is 0 Å². The van der Waals surface area contributed by atoms with Gasteiger partial charge in [0.1, 0.15) is 6.04 Å². The minimum Gasteiger partial charge on any atom is -0.480 e. The van der Waals surface area contributed by atoms with Gasteiger partial charge in [-0.15, -0.1) is 0 Å². The molecular formula is C7H11NO6. The van der Waals surface area contributed by atoms with E-state index in [9.17, 15) is 9.59 Å². The van der Waals surface area contributed by atoms with Gasteiger partial charge in [0.15, 0.2) is 0 Å². The molecule has 0 rings (SSSR count). The molecule has 0 saturated carbocycles. The largest absolute Gasteiger partial charge is 0.480 e. The number of carboxylic acid groups (broad SMARTS) is 2. The molecule has 80 valence electrons. The van der Waals surface area contributed by atoms with E-state index in [-0.39, 0.29) is 12.7 Å². The molecule has 0 radical (unpaired) electrons. The van der Waals surface area contributed by atoms with Crippen molar-refractivity contribution in [2.45, 2.75) is 13.0 Å². The molecule has 7 heteroatoms. The molecule has 0 aromatic heterocycles. The lowest BCUT2D eigenvalue weighted by Gasteiger charge is -2.17. The second-order valence-electron chi connectivity index (χ2n) is 2.41. The molecule has 7 nitrogen and oxygen atoms in total. The second-order valence-corrected chi connectivity index (χ2v) is 2.41. The van der Waals surface area contributed by atoms with Crippen molar-refractivity contribution in [3.63, 3.8) is 0 Å². The highest BCUT2D eigenvalue weighted by atomic mass is 16.4. The third-order valence-corrected chi connectivity index (χ3v) is 1.40. The summed E-state index contributed by atoms with van der Waals surface area (Å²) in [6.45, 7) is 1.18. The summed E-state index contributed by atoms with van der Waals surface area (Å²) >= 11 is 0. The Labute approximate surface area is 79.9 Å². The molecule has 0 aromatic rings. The van der Waals surface area contributed by atoms with Gasteiger partial charge >= 0.3 is 18.1 Å². The summed E-state index contributed by atoms with van der Waals surface area (Å²) < 4.78 is 0. The van der Waals surface area contributed by atoms with Gasteiger partial charge in [0.05, 0.1) is 6.54 Å². The normalized spacial score (nSPS) is 10.8. The number of rotatable bonds is 4. The van der Waals surface area contributed by atoms with Crippen LogP contribution in [0.2, 0.25) is 0 Å². The summed E-state index contributed by atoms with van der Waals surface area (Å²) in [4.78, 5) is 37.9. The summed E-state index contributed by atoms with van der Waals surface area (Å²) in [6, 6.07) is -0.758. The van der Waals surface area contributed by atoms with Crippen LogP contribution in [-0.4, -0.2) is 52.8 Å². The third-order valence-electron chi connectivity index (χ3n) is 1.40. The number of carboxylic acids is 2. The maximum absolute atomic E-state index is 10.3. The fraction of sp³-hybridized carbons (Fsp3) is 0.571. The maximum Gasteiger partial charge on any atom is 0.373 e. The zero-order valence-electron chi connectivity index (χ0n) is 7.76. The van der Waals surface area contributed by atoms with Gasteiger partial charge in [-0.05, 0) is 14.0 Å². The quantitative estimate of drug-likeness (QED) is 0.598. The summed E-state index contributed by atoms with van der Waals surface area (Å²) in [6.07, 6.45) is 0.250. The van der Waals surface area contributed by atoms with Gasteiger partial charge in [0.25, 0.3) is 0 Å². The van der Waals surface area contributed by atoms with Crippen LogP contribution in [0.3, 0.4) is 0 Å². The number of likely N-dealkylation sites (N-methyl/N-ethyl adjacent to an activating group) is 1. The van der Waals surface area contributed by atoms with Gasteiger partial charge in [-0.1, -0.05) is 0 Å². The van der Waals surface area contributed by atoms with E-state index in [4.69, 9.17) is 19.8 Å². The van der Waals surface area contributed by atoms with Crippen LogP contribution in [0, 0.1) is 0 Å². The molecule has 1 atom stereocenters. The molecule has 0 aliphatic rings. The van der Waals surface area contributed by atoms with Crippen LogP contribution in [0.15, 0.2) is 0 Å². The summed E-state index contributed by atoms with van der Waals surface area (Å²) in [5.74, 6) is -2.05. The van der Waals surface area contributed by atoms with Crippen LogP contribution in [0.25, 0.3) is 0 Å². The van der Waals surface area contributed by atoms with E-state index in [0.29, 0.717) is 0 Å². The number of carbonyl (C=O) groups excluding carboxylic acids is 2. The summed E-state index contributed by atoms with van der Waals surface area (Å²) in [5, 5.41) is 16.7. The van der Waals surface area contributed by atoms with Crippen molar-refractivity contribution < 1.29 is 29.4 Å².